The van der Waals surface area contributed by atoms with Crippen LogP contribution in [0.2, 0.25) is 0 Å². The number of ether oxygens (including phenoxy) is 1. The van der Waals surface area contributed by atoms with Gasteiger partial charge >= 0.3 is 5.97 Å². The van der Waals surface area contributed by atoms with Crippen LogP contribution in [0.5, 0.6) is 0 Å². The van der Waals surface area contributed by atoms with Crippen molar-refractivity contribution in [1.29, 1.82) is 0 Å². The molecule has 1 aromatic carbocycles. The van der Waals surface area contributed by atoms with E-state index in [-0.39, 0.29) is 11.9 Å². The number of rotatable bonds is 2. The summed E-state index contributed by atoms with van der Waals surface area (Å²) in [6, 6.07) is 9.96. The number of cyclic esters (lactones) is 1. The topological polar surface area (TPSA) is 39.4 Å². The average molecular weight is 268 g/mol. The fraction of sp³-hybridized carbons (Fsp3) is 0.353. The Morgan fingerprint density at radius 2 is 2.20 bits per heavy atom. The molecule has 2 aromatic rings. The summed E-state index contributed by atoms with van der Waals surface area (Å²) in [5.74, 6) is 1.04. The lowest BCUT2D eigenvalue weighted by Crippen LogP contribution is -2.31. The molecule has 1 saturated heterocycles. The van der Waals surface area contributed by atoms with E-state index in [9.17, 15) is 4.79 Å². The Hall–Kier alpha value is -2.03. The van der Waals surface area contributed by atoms with Gasteiger partial charge in [-0.25, -0.2) is 0 Å². The van der Waals surface area contributed by atoms with Crippen LogP contribution in [0.3, 0.4) is 0 Å². The number of allylic oxidation sites excluding steroid dienone is 1. The first-order chi connectivity index (χ1) is 9.67. The van der Waals surface area contributed by atoms with E-state index < -0.39 is 5.41 Å². The van der Waals surface area contributed by atoms with Crippen LogP contribution >= 0.6 is 0 Å². The highest BCUT2D eigenvalue weighted by Gasteiger charge is 2.56. The van der Waals surface area contributed by atoms with Crippen LogP contribution in [0.4, 0.5) is 0 Å². The number of furan rings is 1. The van der Waals surface area contributed by atoms with Crippen molar-refractivity contribution in [2.75, 3.05) is 6.61 Å². The molecule has 20 heavy (non-hydrogen) atoms. The Morgan fingerprint density at radius 1 is 1.35 bits per heavy atom. The van der Waals surface area contributed by atoms with Crippen molar-refractivity contribution in [3.8, 4) is 0 Å². The van der Waals surface area contributed by atoms with Crippen molar-refractivity contribution < 1.29 is 13.9 Å². The maximum Gasteiger partial charge on any atom is 0.313 e. The fourth-order valence-electron chi connectivity index (χ4n) is 3.70. The van der Waals surface area contributed by atoms with E-state index in [0.717, 1.165) is 35.1 Å². The Kier molecular flexibility index (Phi) is 2.34. The van der Waals surface area contributed by atoms with Gasteiger partial charge in [-0.2, -0.15) is 0 Å². The molecule has 2 heterocycles. The minimum absolute atomic E-state index is 0.0818. The molecule has 1 saturated carbocycles. The first-order valence-corrected chi connectivity index (χ1v) is 6.99. The first kappa shape index (κ1) is 11.8. The molecule has 1 aromatic heterocycles. The highest BCUT2D eigenvalue weighted by atomic mass is 16.5. The van der Waals surface area contributed by atoms with Crippen molar-refractivity contribution >= 4 is 16.9 Å². The standard InChI is InChI=1S/C17H16O3/c1-11-6-13-10-19-16(18)17(13,8-11)9-14-7-12-4-2-3-5-15(12)20-14/h2-5,7,13H,1,6,8-10H2. The zero-order valence-electron chi connectivity index (χ0n) is 11.2. The van der Waals surface area contributed by atoms with E-state index in [1.807, 2.05) is 30.3 Å². The lowest BCUT2D eigenvalue weighted by atomic mass is 9.76. The van der Waals surface area contributed by atoms with E-state index in [1.165, 1.54) is 0 Å². The third kappa shape index (κ3) is 1.56. The maximum absolute atomic E-state index is 12.2. The molecule has 1 aliphatic heterocycles. The van der Waals surface area contributed by atoms with Crippen LogP contribution in [0.15, 0.2) is 46.9 Å². The second kappa shape index (κ2) is 3.98. The van der Waals surface area contributed by atoms with Crippen LogP contribution in [0, 0.1) is 11.3 Å². The maximum atomic E-state index is 12.2. The zero-order valence-corrected chi connectivity index (χ0v) is 11.2. The Morgan fingerprint density at radius 3 is 3.05 bits per heavy atom. The molecule has 102 valence electrons. The van der Waals surface area contributed by atoms with Gasteiger partial charge in [0.2, 0.25) is 0 Å². The molecule has 0 spiro atoms. The SMILES string of the molecule is C=C1CC2COC(=O)C2(Cc2cc3ccccc3o2)C1. The van der Waals surface area contributed by atoms with E-state index in [4.69, 9.17) is 9.15 Å². The van der Waals surface area contributed by atoms with Gasteiger partial charge in [0, 0.05) is 17.7 Å². The quantitative estimate of drug-likeness (QED) is 0.618. The van der Waals surface area contributed by atoms with Crippen LogP contribution in [0.25, 0.3) is 11.0 Å². The average Bonchev–Trinajstić information content (AvgIpc) is 3.04. The summed E-state index contributed by atoms with van der Waals surface area (Å²) >= 11 is 0. The molecule has 0 N–H and O–H groups in total. The molecule has 0 bridgehead atoms. The van der Waals surface area contributed by atoms with Gasteiger partial charge in [-0.1, -0.05) is 30.4 Å². The number of hydrogen-bond donors (Lipinski definition) is 0. The van der Waals surface area contributed by atoms with E-state index in [1.54, 1.807) is 0 Å². The molecule has 2 aliphatic rings. The van der Waals surface area contributed by atoms with Crippen LogP contribution in [-0.4, -0.2) is 12.6 Å². The summed E-state index contributed by atoms with van der Waals surface area (Å²) in [6.07, 6.45) is 2.24. The first-order valence-electron chi connectivity index (χ1n) is 6.99. The molecule has 1 aliphatic carbocycles. The molecule has 0 radical (unpaired) electrons. The predicted molar refractivity (Wildman–Crippen MR) is 75.2 cm³/mol. The highest BCUT2D eigenvalue weighted by Crippen LogP contribution is 2.52. The second-order valence-electron chi connectivity index (χ2n) is 6.01. The van der Waals surface area contributed by atoms with Crippen molar-refractivity contribution in [2.24, 2.45) is 11.3 Å². The van der Waals surface area contributed by atoms with Gasteiger partial charge in [-0.3, -0.25) is 4.79 Å². The number of hydrogen-bond acceptors (Lipinski definition) is 3. The lowest BCUT2D eigenvalue weighted by molar-refractivity contribution is -0.146. The van der Waals surface area contributed by atoms with Crippen molar-refractivity contribution in [2.45, 2.75) is 19.3 Å². The highest BCUT2D eigenvalue weighted by molar-refractivity contribution is 5.82. The summed E-state index contributed by atoms with van der Waals surface area (Å²) in [7, 11) is 0. The summed E-state index contributed by atoms with van der Waals surface area (Å²) in [6.45, 7) is 4.59. The smallest absolute Gasteiger partial charge is 0.313 e. The molecule has 3 heteroatoms. The predicted octanol–water partition coefficient (Wildman–Crippen LogP) is 3.48. The number of carbonyl (C=O) groups is 1. The van der Waals surface area contributed by atoms with Crippen LogP contribution in [-0.2, 0) is 16.0 Å². The third-order valence-electron chi connectivity index (χ3n) is 4.67. The minimum Gasteiger partial charge on any atom is -0.465 e. The molecule has 2 fully saturated rings. The lowest BCUT2D eigenvalue weighted by Gasteiger charge is -2.22. The van der Waals surface area contributed by atoms with Gasteiger partial charge in [-0.15, -0.1) is 0 Å². The van der Waals surface area contributed by atoms with Crippen molar-refractivity contribution in [1.82, 2.24) is 0 Å². The third-order valence-corrected chi connectivity index (χ3v) is 4.67. The summed E-state index contributed by atoms with van der Waals surface area (Å²) in [5.41, 5.74) is 1.59. The fourth-order valence-corrected chi connectivity index (χ4v) is 3.70. The van der Waals surface area contributed by atoms with Gasteiger partial charge in [0.15, 0.2) is 0 Å². The molecule has 2 unspecified atom stereocenters. The molecular formula is C17H16O3. The van der Waals surface area contributed by atoms with Crippen molar-refractivity contribution in [3.63, 3.8) is 0 Å². The van der Waals surface area contributed by atoms with Crippen LogP contribution in [0.1, 0.15) is 18.6 Å². The second-order valence-corrected chi connectivity index (χ2v) is 6.01. The number of benzene rings is 1. The van der Waals surface area contributed by atoms with E-state index in [0.29, 0.717) is 13.0 Å². The molecule has 3 nitrogen and oxygen atoms in total. The van der Waals surface area contributed by atoms with Gasteiger partial charge in [0.05, 0.1) is 12.0 Å². The Bertz CT molecular complexity index is 679. The van der Waals surface area contributed by atoms with Crippen LogP contribution < -0.4 is 0 Å². The molecular weight excluding hydrogens is 252 g/mol. The Labute approximate surface area is 117 Å². The van der Waals surface area contributed by atoms with E-state index in [2.05, 4.69) is 6.58 Å². The normalized spacial score (nSPS) is 28.9. The molecule has 2 atom stereocenters. The number of para-hydroxylation sites is 1. The largest absolute Gasteiger partial charge is 0.465 e. The minimum atomic E-state index is -0.440. The number of fused-ring (bicyclic) bond motifs is 2. The van der Waals surface area contributed by atoms with E-state index >= 15 is 0 Å². The van der Waals surface area contributed by atoms with Gasteiger partial charge < -0.3 is 9.15 Å². The monoisotopic (exact) mass is 268 g/mol. The summed E-state index contributed by atoms with van der Waals surface area (Å²) in [4.78, 5) is 12.2. The van der Waals surface area contributed by atoms with Gasteiger partial charge in [-0.05, 0) is 25.0 Å². The molecule has 0 amide bonds. The van der Waals surface area contributed by atoms with Crippen molar-refractivity contribution in [3.05, 3.63) is 48.2 Å². The zero-order chi connectivity index (χ0) is 13.7. The Balaban J connectivity index is 1.73. The summed E-state index contributed by atoms with van der Waals surface area (Å²) < 4.78 is 11.2. The van der Waals surface area contributed by atoms with Gasteiger partial charge in [0.1, 0.15) is 11.3 Å². The number of carbonyl (C=O) groups excluding carboxylic acids is 1. The van der Waals surface area contributed by atoms with Gasteiger partial charge in [0.25, 0.3) is 0 Å². The summed E-state index contributed by atoms with van der Waals surface area (Å²) in [5, 5.41) is 1.08. The number of esters is 1. The molecule has 4 rings (SSSR count).